The quantitative estimate of drug-likeness (QED) is 0.703. The van der Waals surface area contributed by atoms with Gasteiger partial charge in [0.2, 0.25) is 6.41 Å². The molecular formula is C11H13NO. The molecule has 0 unspecified atom stereocenters. The van der Waals surface area contributed by atoms with Crippen molar-refractivity contribution in [2.75, 3.05) is 5.32 Å². The first-order chi connectivity index (χ1) is 6.24. The second-order valence-corrected chi connectivity index (χ2v) is 3.07. The Bertz CT molecular complexity index is 325. The second-order valence-electron chi connectivity index (χ2n) is 3.07. The Hall–Kier alpha value is -1.57. The molecule has 0 saturated heterocycles. The highest BCUT2D eigenvalue weighted by atomic mass is 16.1. The zero-order chi connectivity index (χ0) is 9.68. The minimum absolute atomic E-state index is 0.692. The number of allylic oxidation sites excluding steroid dienone is 1. The van der Waals surface area contributed by atoms with E-state index in [0.29, 0.717) is 6.41 Å². The van der Waals surface area contributed by atoms with Crippen LogP contribution < -0.4 is 5.32 Å². The number of nitrogens with one attached hydrogen (secondary N) is 1. The molecule has 0 bridgehead atoms. The molecule has 1 rings (SSSR count). The van der Waals surface area contributed by atoms with Crippen molar-refractivity contribution in [3.05, 3.63) is 35.4 Å². The van der Waals surface area contributed by atoms with Crippen molar-refractivity contribution in [1.29, 1.82) is 0 Å². The first kappa shape index (κ1) is 9.52. The molecule has 0 aromatic heterocycles. The number of para-hydroxylation sites is 1. The highest BCUT2D eigenvalue weighted by Crippen LogP contribution is 2.17. The third-order valence-corrected chi connectivity index (χ3v) is 1.62. The summed E-state index contributed by atoms with van der Waals surface area (Å²) in [6.45, 7) is 4.05. The van der Waals surface area contributed by atoms with Crippen LogP contribution in [0.1, 0.15) is 19.4 Å². The van der Waals surface area contributed by atoms with Crippen molar-refractivity contribution in [1.82, 2.24) is 0 Å². The van der Waals surface area contributed by atoms with Gasteiger partial charge in [0.25, 0.3) is 0 Å². The van der Waals surface area contributed by atoms with Crippen LogP contribution in [0, 0.1) is 0 Å². The highest BCUT2D eigenvalue weighted by molar-refractivity contribution is 5.78. The van der Waals surface area contributed by atoms with Gasteiger partial charge in [0.1, 0.15) is 0 Å². The first-order valence-corrected chi connectivity index (χ1v) is 4.18. The Morgan fingerprint density at radius 3 is 2.62 bits per heavy atom. The Balaban J connectivity index is 3.04. The zero-order valence-corrected chi connectivity index (χ0v) is 7.87. The maximum atomic E-state index is 10.3. The van der Waals surface area contributed by atoms with Crippen LogP contribution in [0.2, 0.25) is 0 Å². The van der Waals surface area contributed by atoms with E-state index in [1.165, 1.54) is 5.57 Å². The third-order valence-electron chi connectivity index (χ3n) is 1.62. The van der Waals surface area contributed by atoms with Crippen LogP contribution in [0.15, 0.2) is 29.8 Å². The van der Waals surface area contributed by atoms with Gasteiger partial charge < -0.3 is 5.32 Å². The van der Waals surface area contributed by atoms with Gasteiger partial charge >= 0.3 is 0 Å². The molecule has 0 radical (unpaired) electrons. The molecule has 0 heterocycles. The summed E-state index contributed by atoms with van der Waals surface area (Å²) in [7, 11) is 0. The lowest BCUT2D eigenvalue weighted by Crippen LogP contribution is -1.95. The van der Waals surface area contributed by atoms with E-state index in [1.54, 1.807) is 0 Å². The van der Waals surface area contributed by atoms with Gasteiger partial charge in [-0.05, 0) is 25.5 Å². The van der Waals surface area contributed by atoms with E-state index < -0.39 is 0 Å². The van der Waals surface area contributed by atoms with Gasteiger partial charge in [0.05, 0.1) is 0 Å². The Kier molecular flexibility index (Phi) is 3.26. The predicted molar refractivity (Wildman–Crippen MR) is 55.5 cm³/mol. The molecule has 13 heavy (non-hydrogen) atoms. The van der Waals surface area contributed by atoms with Gasteiger partial charge in [-0.2, -0.15) is 0 Å². The molecule has 0 spiro atoms. The lowest BCUT2D eigenvalue weighted by Gasteiger charge is -2.03. The van der Waals surface area contributed by atoms with Crippen LogP contribution in [-0.2, 0) is 4.79 Å². The van der Waals surface area contributed by atoms with Gasteiger partial charge in [0, 0.05) is 5.69 Å². The highest BCUT2D eigenvalue weighted by Gasteiger charge is 1.95. The number of rotatable bonds is 3. The van der Waals surface area contributed by atoms with E-state index in [0.717, 1.165) is 11.3 Å². The lowest BCUT2D eigenvalue weighted by atomic mass is 10.1. The standard InChI is InChI=1S/C11H13NO/c1-9(2)7-10-5-3-4-6-11(10)12-8-13/h3-8H,1-2H3,(H,12,13). The number of carbonyl (C=O) groups is 1. The van der Waals surface area contributed by atoms with Crippen molar-refractivity contribution in [2.45, 2.75) is 13.8 Å². The Morgan fingerprint density at radius 1 is 1.31 bits per heavy atom. The number of amides is 1. The second kappa shape index (κ2) is 4.45. The van der Waals surface area contributed by atoms with Crippen LogP contribution in [0.3, 0.4) is 0 Å². The molecule has 0 atom stereocenters. The number of hydrogen-bond donors (Lipinski definition) is 1. The number of carbonyl (C=O) groups excluding carboxylic acids is 1. The molecule has 68 valence electrons. The zero-order valence-electron chi connectivity index (χ0n) is 7.87. The summed E-state index contributed by atoms with van der Waals surface area (Å²) in [4.78, 5) is 10.3. The molecule has 0 saturated carbocycles. The SMILES string of the molecule is CC(C)=Cc1ccccc1NC=O. The predicted octanol–water partition coefficient (Wildman–Crippen LogP) is 2.68. The lowest BCUT2D eigenvalue weighted by molar-refractivity contribution is -0.105. The molecule has 0 fully saturated rings. The summed E-state index contributed by atoms with van der Waals surface area (Å²) in [5.41, 5.74) is 3.09. The van der Waals surface area contributed by atoms with Crippen molar-refractivity contribution in [3.63, 3.8) is 0 Å². The number of hydrogen-bond acceptors (Lipinski definition) is 1. The van der Waals surface area contributed by atoms with Crippen LogP contribution in [0.25, 0.3) is 6.08 Å². The molecule has 1 aromatic carbocycles. The van der Waals surface area contributed by atoms with E-state index in [9.17, 15) is 4.79 Å². The minimum atomic E-state index is 0.692. The van der Waals surface area contributed by atoms with E-state index in [4.69, 9.17) is 0 Å². The summed E-state index contributed by atoms with van der Waals surface area (Å²) in [6.07, 6.45) is 2.73. The summed E-state index contributed by atoms with van der Waals surface area (Å²) >= 11 is 0. The third kappa shape index (κ3) is 2.75. The molecule has 0 aliphatic carbocycles. The molecule has 1 aromatic rings. The van der Waals surface area contributed by atoms with E-state index in [1.807, 2.05) is 44.2 Å². The maximum absolute atomic E-state index is 10.3. The largest absolute Gasteiger partial charge is 0.328 e. The fourth-order valence-electron chi connectivity index (χ4n) is 1.13. The number of anilines is 1. The van der Waals surface area contributed by atoms with Crippen molar-refractivity contribution in [3.8, 4) is 0 Å². The molecular weight excluding hydrogens is 162 g/mol. The van der Waals surface area contributed by atoms with Crippen LogP contribution >= 0.6 is 0 Å². The van der Waals surface area contributed by atoms with Crippen LogP contribution in [-0.4, -0.2) is 6.41 Å². The van der Waals surface area contributed by atoms with Crippen LogP contribution in [0.4, 0.5) is 5.69 Å². The molecule has 1 N–H and O–H groups in total. The van der Waals surface area contributed by atoms with Crippen LogP contribution in [0.5, 0.6) is 0 Å². The summed E-state index contributed by atoms with van der Waals surface area (Å²) < 4.78 is 0. The van der Waals surface area contributed by atoms with Gasteiger partial charge in [-0.3, -0.25) is 4.79 Å². The van der Waals surface area contributed by atoms with Gasteiger partial charge in [-0.25, -0.2) is 0 Å². The fraction of sp³-hybridized carbons (Fsp3) is 0.182. The monoisotopic (exact) mass is 175 g/mol. The molecule has 0 aliphatic rings. The normalized spacial score (nSPS) is 9.08. The topological polar surface area (TPSA) is 29.1 Å². The van der Waals surface area contributed by atoms with Crippen molar-refractivity contribution in [2.24, 2.45) is 0 Å². The summed E-state index contributed by atoms with van der Waals surface area (Å²) in [6, 6.07) is 7.70. The van der Waals surface area contributed by atoms with Gasteiger partial charge in [-0.1, -0.05) is 29.8 Å². The summed E-state index contributed by atoms with van der Waals surface area (Å²) in [5, 5.41) is 2.66. The van der Waals surface area contributed by atoms with Crippen molar-refractivity contribution >= 4 is 18.2 Å². The average Bonchev–Trinajstić information content (AvgIpc) is 2.08. The first-order valence-electron chi connectivity index (χ1n) is 4.18. The maximum Gasteiger partial charge on any atom is 0.211 e. The fourth-order valence-corrected chi connectivity index (χ4v) is 1.13. The molecule has 2 nitrogen and oxygen atoms in total. The Morgan fingerprint density at radius 2 is 2.00 bits per heavy atom. The number of benzene rings is 1. The molecule has 0 aliphatic heterocycles. The van der Waals surface area contributed by atoms with Gasteiger partial charge in [-0.15, -0.1) is 0 Å². The smallest absolute Gasteiger partial charge is 0.211 e. The Labute approximate surface area is 78.3 Å². The van der Waals surface area contributed by atoms with Gasteiger partial charge in [0.15, 0.2) is 0 Å². The minimum Gasteiger partial charge on any atom is -0.328 e. The van der Waals surface area contributed by atoms with Crippen molar-refractivity contribution < 1.29 is 4.79 Å². The average molecular weight is 175 g/mol. The summed E-state index contributed by atoms with van der Waals surface area (Å²) in [5.74, 6) is 0. The molecule has 2 heteroatoms. The van der Waals surface area contributed by atoms with E-state index in [2.05, 4.69) is 5.32 Å². The van der Waals surface area contributed by atoms with E-state index >= 15 is 0 Å². The van der Waals surface area contributed by atoms with E-state index in [-0.39, 0.29) is 0 Å². The molecule has 1 amide bonds.